The van der Waals surface area contributed by atoms with Gasteiger partial charge in [-0.3, -0.25) is 9.69 Å². The molecule has 4 heteroatoms. The van der Waals surface area contributed by atoms with E-state index >= 15 is 0 Å². The summed E-state index contributed by atoms with van der Waals surface area (Å²) in [5.41, 5.74) is 0. The molecule has 0 radical (unpaired) electrons. The predicted molar refractivity (Wildman–Crippen MR) is 64.6 cm³/mol. The van der Waals surface area contributed by atoms with Crippen molar-refractivity contribution in [3.63, 3.8) is 0 Å². The van der Waals surface area contributed by atoms with Crippen molar-refractivity contribution in [2.75, 3.05) is 27.2 Å². The second-order valence-corrected chi connectivity index (χ2v) is 4.84. The van der Waals surface area contributed by atoms with E-state index in [2.05, 4.69) is 23.9 Å². The van der Waals surface area contributed by atoms with Crippen molar-refractivity contribution in [3.8, 4) is 0 Å². The van der Waals surface area contributed by atoms with Crippen LogP contribution in [0.3, 0.4) is 0 Å². The molecule has 0 bridgehead atoms. The average Bonchev–Trinajstić information content (AvgIpc) is 2.25. The number of carbonyl (C=O) groups is 1. The number of rotatable bonds is 5. The Morgan fingerprint density at radius 3 is 2.25 bits per heavy atom. The van der Waals surface area contributed by atoms with E-state index in [0.717, 1.165) is 13.0 Å². The molecule has 0 aromatic rings. The van der Waals surface area contributed by atoms with Gasteiger partial charge in [-0.15, -0.1) is 0 Å². The van der Waals surface area contributed by atoms with Crippen molar-refractivity contribution < 1.29 is 9.90 Å². The lowest BCUT2D eigenvalue weighted by Gasteiger charge is -2.42. The zero-order valence-corrected chi connectivity index (χ0v) is 10.6. The highest BCUT2D eigenvalue weighted by atomic mass is 16.4. The predicted octanol–water partition coefficient (Wildman–Crippen LogP) is 1.27. The van der Waals surface area contributed by atoms with Crippen LogP contribution >= 0.6 is 0 Å². The lowest BCUT2D eigenvalue weighted by atomic mass is 9.88. The smallest absolute Gasteiger partial charge is 0.317 e. The van der Waals surface area contributed by atoms with Gasteiger partial charge < -0.3 is 10.0 Å². The molecule has 0 aromatic heterocycles. The molecule has 1 saturated carbocycles. The molecule has 1 N–H and O–H groups in total. The second kappa shape index (κ2) is 6.21. The first kappa shape index (κ1) is 13.5. The van der Waals surface area contributed by atoms with E-state index in [1.807, 2.05) is 6.92 Å². The number of hydrogen-bond donors (Lipinski definition) is 1. The van der Waals surface area contributed by atoms with Crippen molar-refractivity contribution in [1.82, 2.24) is 9.80 Å². The number of nitrogens with zero attached hydrogens (tertiary/aromatic N) is 2. The van der Waals surface area contributed by atoms with Crippen LogP contribution in [0, 0.1) is 0 Å². The summed E-state index contributed by atoms with van der Waals surface area (Å²) in [6.07, 6.45) is 4.81. The molecule has 2 unspecified atom stereocenters. The monoisotopic (exact) mass is 228 g/mol. The van der Waals surface area contributed by atoms with E-state index in [9.17, 15) is 4.79 Å². The lowest BCUT2D eigenvalue weighted by Crippen LogP contribution is -2.52. The van der Waals surface area contributed by atoms with E-state index in [-0.39, 0.29) is 6.54 Å². The second-order valence-electron chi connectivity index (χ2n) is 4.84. The van der Waals surface area contributed by atoms with Crippen LogP contribution in [0.15, 0.2) is 0 Å². The summed E-state index contributed by atoms with van der Waals surface area (Å²) >= 11 is 0. The van der Waals surface area contributed by atoms with Crippen LogP contribution in [0.1, 0.15) is 32.6 Å². The highest BCUT2D eigenvalue weighted by molar-refractivity contribution is 5.69. The maximum atomic E-state index is 10.8. The van der Waals surface area contributed by atoms with Crippen molar-refractivity contribution in [1.29, 1.82) is 0 Å². The van der Waals surface area contributed by atoms with Crippen LogP contribution in [0.25, 0.3) is 0 Å². The molecule has 94 valence electrons. The van der Waals surface area contributed by atoms with E-state index < -0.39 is 5.97 Å². The maximum Gasteiger partial charge on any atom is 0.317 e. The topological polar surface area (TPSA) is 43.8 Å². The first-order valence-electron chi connectivity index (χ1n) is 6.18. The Hall–Kier alpha value is -0.610. The fourth-order valence-electron chi connectivity index (χ4n) is 2.76. The Morgan fingerprint density at radius 2 is 1.81 bits per heavy atom. The van der Waals surface area contributed by atoms with Crippen LogP contribution in [0.5, 0.6) is 0 Å². The number of carboxylic acid groups (broad SMARTS) is 1. The minimum absolute atomic E-state index is 0.172. The van der Waals surface area contributed by atoms with Crippen molar-refractivity contribution in [2.45, 2.75) is 44.7 Å². The highest BCUT2D eigenvalue weighted by Crippen LogP contribution is 2.25. The molecular weight excluding hydrogens is 204 g/mol. The third-order valence-electron chi connectivity index (χ3n) is 3.57. The molecule has 16 heavy (non-hydrogen) atoms. The zero-order chi connectivity index (χ0) is 12.1. The molecule has 0 aliphatic heterocycles. The molecule has 0 heterocycles. The van der Waals surface area contributed by atoms with Gasteiger partial charge in [-0.1, -0.05) is 19.8 Å². The summed E-state index contributed by atoms with van der Waals surface area (Å²) in [6.45, 7) is 3.04. The molecule has 1 aliphatic rings. The Balaban J connectivity index is 2.67. The largest absolute Gasteiger partial charge is 0.480 e. The Bertz CT molecular complexity index is 231. The summed E-state index contributed by atoms with van der Waals surface area (Å²) < 4.78 is 0. The van der Waals surface area contributed by atoms with Gasteiger partial charge in [-0.05, 0) is 33.5 Å². The van der Waals surface area contributed by atoms with E-state index in [1.54, 1.807) is 0 Å². The normalized spacial score (nSPS) is 26.3. The molecule has 1 fully saturated rings. The standard InChI is InChI=1S/C12H24N2O2/c1-4-14(9-12(15)16)11-8-6-5-7-10(11)13(2)3/h10-11H,4-9H2,1-3H3,(H,15,16). The van der Waals surface area contributed by atoms with Crippen LogP contribution in [-0.2, 0) is 4.79 Å². The fourth-order valence-corrected chi connectivity index (χ4v) is 2.76. The van der Waals surface area contributed by atoms with Gasteiger partial charge in [-0.25, -0.2) is 0 Å². The van der Waals surface area contributed by atoms with Gasteiger partial charge in [-0.2, -0.15) is 0 Å². The number of likely N-dealkylation sites (N-methyl/N-ethyl adjacent to an activating group) is 2. The van der Waals surface area contributed by atoms with E-state index in [0.29, 0.717) is 12.1 Å². The summed E-state index contributed by atoms with van der Waals surface area (Å²) in [7, 11) is 4.19. The molecule has 0 spiro atoms. The Kier molecular flexibility index (Phi) is 5.22. The summed E-state index contributed by atoms with van der Waals surface area (Å²) in [4.78, 5) is 15.2. The average molecular weight is 228 g/mol. The number of hydrogen-bond acceptors (Lipinski definition) is 3. The van der Waals surface area contributed by atoms with E-state index in [4.69, 9.17) is 5.11 Å². The number of carboxylic acids is 1. The van der Waals surface area contributed by atoms with Crippen molar-refractivity contribution in [2.24, 2.45) is 0 Å². The molecular formula is C12H24N2O2. The minimum atomic E-state index is -0.718. The molecule has 0 saturated heterocycles. The van der Waals surface area contributed by atoms with Gasteiger partial charge in [0.25, 0.3) is 0 Å². The quantitative estimate of drug-likeness (QED) is 0.769. The van der Waals surface area contributed by atoms with Gasteiger partial charge in [0, 0.05) is 12.1 Å². The third kappa shape index (κ3) is 3.46. The molecule has 4 nitrogen and oxygen atoms in total. The first-order chi connectivity index (χ1) is 7.56. The fraction of sp³-hybridized carbons (Fsp3) is 0.917. The zero-order valence-electron chi connectivity index (χ0n) is 10.6. The Labute approximate surface area is 98.2 Å². The van der Waals surface area contributed by atoms with Crippen LogP contribution < -0.4 is 0 Å². The van der Waals surface area contributed by atoms with Gasteiger partial charge in [0.15, 0.2) is 0 Å². The first-order valence-corrected chi connectivity index (χ1v) is 6.18. The van der Waals surface area contributed by atoms with Gasteiger partial charge in [0.05, 0.1) is 6.54 Å². The van der Waals surface area contributed by atoms with E-state index in [1.165, 1.54) is 19.3 Å². The number of aliphatic carboxylic acids is 1. The Morgan fingerprint density at radius 1 is 1.25 bits per heavy atom. The van der Waals surface area contributed by atoms with Gasteiger partial charge in [0.2, 0.25) is 0 Å². The van der Waals surface area contributed by atoms with Crippen LogP contribution in [0.4, 0.5) is 0 Å². The molecule has 0 amide bonds. The van der Waals surface area contributed by atoms with Gasteiger partial charge in [0.1, 0.15) is 0 Å². The lowest BCUT2D eigenvalue weighted by molar-refractivity contribution is -0.139. The SMILES string of the molecule is CCN(CC(=O)O)C1CCCCC1N(C)C. The van der Waals surface area contributed by atoms with Crippen molar-refractivity contribution >= 4 is 5.97 Å². The molecule has 0 aromatic carbocycles. The molecule has 1 rings (SSSR count). The maximum absolute atomic E-state index is 10.8. The van der Waals surface area contributed by atoms with Crippen LogP contribution in [0.2, 0.25) is 0 Å². The van der Waals surface area contributed by atoms with Crippen molar-refractivity contribution in [3.05, 3.63) is 0 Å². The van der Waals surface area contributed by atoms with Crippen LogP contribution in [-0.4, -0.2) is 60.1 Å². The highest BCUT2D eigenvalue weighted by Gasteiger charge is 2.31. The molecule has 2 atom stereocenters. The van der Waals surface area contributed by atoms with Gasteiger partial charge >= 0.3 is 5.97 Å². The summed E-state index contributed by atoms with van der Waals surface area (Å²) in [5.74, 6) is -0.718. The summed E-state index contributed by atoms with van der Waals surface area (Å²) in [6, 6.07) is 0.915. The molecule has 1 aliphatic carbocycles. The summed E-state index contributed by atoms with van der Waals surface area (Å²) in [5, 5.41) is 8.92. The minimum Gasteiger partial charge on any atom is -0.480 e. The third-order valence-corrected chi connectivity index (χ3v) is 3.57.